The molecule has 82 valence electrons. The van der Waals surface area contributed by atoms with Crippen LogP contribution in [0.25, 0.3) is 0 Å². The van der Waals surface area contributed by atoms with E-state index in [9.17, 15) is 9.50 Å². The lowest BCUT2D eigenvalue weighted by molar-refractivity contribution is 0.132. The number of hydrogen-bond donors (Lipinski definition) is 1. The van der Waals surface area contributed by atoms with Crippen molar-refractivity contribution < 1.29 is 9.50 Å². The van der Waals surface area contributed by atoms with Crippen molar-refractivity contribution in [3.8, 4) is 0 Å². The summed E-state index contributed by atoms with van der Waals surface area (Å²) < 4.78 is 14.3. The van der Waals surface area contributed by atoms with Crippen molar-refractivity contribution in [1.82, 2.24) is 0 Å². The summed E-state index contributed by atoms with van der Waals surface area (Å²) in [6, 6.07) is 4.98. The second-order valence-corrected chi connectivity index (χ2v) is 5.11. The summed E-state index contributed by atoms with van der Waals surface area (Å²) in [5.41, 5.74) is 0.704. The van der Waals surface area contributed by atoms with E-state index in [1.165, 1.54) is 6.07 Å². The van der Waals surface area contributed by atoms with Gasteiger partial charge in [0.2, 0.25) is 0 Å². The molecular weight excluding hydrogens is 259 g/mol. The van der Waals surface area contributed by atoms with Gasteiger partial charge in [-0.3, -0.25) is 0 Å². The van der Waals surface area contributed by atoms with E-state index < -0.39 is 0 Å². The van der Waals surface area contributed by atoms with Gasteiger partial charge in [0, 0.05) is 4.47 Å². The SMILES string of the molecule is OC1CCCC1Cc1cc(Br)ccc1F. The second kappa shape index (κ2) is 4.62. The summed E-state index contributed by atoms with van der Waals surface area (Å²) in [5.74, 6) is 0.0612. The van der Waals surface area contributed by atoms with Gasteiger partial charge in [0.15, 0.2) is 0 Å². The molecule has 1 nitrogen and oxygen atoms in total. The maximum atomic E-state index is 13.4. The first-order chi connectivity index (χ1) is 7.16. The molecule has 0 amide bonds. The van der Waals surface area contributed by atoms with Crippen molar-refractivity contribution in [3.63, 3.8) is 0 Å². The predicted molar refractivity (Wildman–Crippen MR) is 61.2 cm³/mol. The van der Waals surface area contributed by atoms with Crippen LogP contribution >= 0.6 is 15.9 Å². The third kappa shape index (κ3) is 2.58. The van der Waals surface area contributed by atoms with Crippen LogP contribution in [0.3, 0.4) is 0 Å². The lowest BCUT2D eigenvalue weighted by Gasteiger charge is -2.14. The lowest BCUT2D eigenvalue weighted by atomic mass is 9.96. The largest absolute Gasteiger partial charge is 0.393 e. The Balaban J connectivity index is 2.12. The summed E-state index contributed by atoms with van der Waals surface area (Å²) in [6.07, 6.45) is 3.32. The average Bonchev–Trinajstić information content (AvgIpc) is 2.58. The summed E-state index contributed by atoms with van der Waals surface area (Å²) in [7, 11) is 0. The molecule has 1 saturated carbocycles. The van der Waals surface area contributed by atoms with Gasteiger partial charge in [-0.1, -0.05) is 22.4 Å². The maximum absolute atomic E-state index is 13.4. The molecule has 1 aromatic carbocycles. The van der Waals surface area contributed by atoms with Gasteiger partial charge >= 0.3 is 0 Å². The first-order valence-corrected chi connectivity index (χ1v) is 6.08. The number of hydrogen-bond acceptors (Lipinski definition) is 1. The summed E-state index contributed by atoms with van der Waals surface area (Å²) in [6.45, 7) is 0. The number of benzene rings is 1. The van der Waals surface area contributed by atoms with Gasteiger partial charge in [0.25, 0.3) is 0 Å². The first kappa shape index (κ1) is 11.1. The maximum Gasteiger partial charge on any atom is 0.126 e. The van der Waals surface area contributed by atoms with Crippen LogP contribution in [0.2, 0.25) is 0 Å². The standard InChI is InChI=1S/C12H14BrFO/c13-10-4-5-11(14)9(7-10)6-8-2-1-3-12(8)15/h4-5,7-8,12,15H,1-3,6H2. The highest BCUT2D eigenvalue weighted by molar-refractivity contribution is 9.10. The van der Waals surface area contributed by atoms with Gasteiger partial charge < -0.3 is 5.11 Å². The normalized spacial score (nSPS) is 25.8. The van der Waals surface area contributed by atoms with Crippen LogP contribution in [0.1, 0.15) is 24.8 Å². The van der Waals surface area contributed by atoms with Gasteiger partial charge in [-0.05, 0) is 48.9 Å². The van der Waals surface area contributed by atoms with E-state index >= 15 is 0 Å². The lowest BCUT2D eigenvalue weighted by Crippen LogP contribution is -2.16. The van der Waals surface area contributed by atoms with Crippen LogP contribution in [-0.4, -0.2) is 11.2 Å². The molecule has 0 heterocycles. The highest BCUT2D eigenvalue weighted by Gasteiger charge is 2.26. The molecule has 1 aliphatic carbocycles. The Kier molecular flexibility index (Phi) is 3.42. The van der Waals surface area contributed by atoms with Gasteiger partial charge in [-0.15, -0.1) is 0 Å². The highest BCUT2D eigenvalue weighted by Crippen LogP contribution is 2.30. The molecule has 1 aromatic rings. The molecule has 2 unspecified atom stereocenters. The minimum Gasteiger partial charge on any atom is -0.393 e. The molecule has 0 bridgehead atoms. The van der Waals surface area contributed by atoms with Crippen molar-refractivity contribution in [1.29, 1.82) is 0 Å². The third-order valence-corrected chi connectivity index (χ3v) is 3.60. The molecule has 0 aromatic heterocycles. The molecule has 0 saturated heterocycles. The number of halogens is 2. The smallest absolute Gasteiger partial charge is 0.126 e. The van der Waals surface area contributed by atoms with Crippen molar-refractivity contribution in [2.75, 3.05) is 0 Å². The monoisotopic (exact) mass is 272 g/mol. The fourth-order valence-electron chi connectivity index (χ4n) is 2.24. The fourth-order valence-corrected chi connectivity index (χ4v) is 2.65. The van der Waals surface area contributed by atoms with Gasteiger partial charge in [0.1, 0.15) is 5.82 Å². The van der Waals surface area contributed by atoms with E-state index in [2.05, 4.69) is 15.9 Å². The Morgan fingerprint density at radius 1 is 1.40 bits per heavy atom. The molecule has 2 atom stereocenters. The van der Waals surface area contributed by atoms with Crippen LogP contribution in [0.4, 0.5) is 4.39 Å². The molecular formula is C12H14BrFO. The van der Waals surface area contributed by atoms with E-state index in [1.54, 1.807) is 12.1 Å². The Labute approximate surface area is 97.4 Å². The number of aliphatic hydroxyl groups is 1. The van der Waals surface area contributed by atoms with E-state index in [0.29, 0.717) is 12.0 Å². The molecule has 2 rings (SSSR count). The first-order valence-electron chi connectivity index (χ1n) is 5.29. The zero-order valence-corrected chi connectivity index (χ0v) is 10.0. The molecule has 3 heteroatoms. The van der Waals surface area contributed by atoms with Crippen LogP contribution in [0.15, 0.2) is 22.7 Å². The van der Waals surface area contributed by atoms with E-state index in [1.807, 2.05) is 0 Å². The van der Waals surface area contributed by atoms with Crippen molar-refractivity contribution >= 4 is 15.9 Å². The minimum atomic E-state index is -0.247. The average molecular weight is 273 g/mol. The van der Waals surface area contributed by atoms with Gasteiger partial charge in [-0.2, -0.15) is 0 Å². The zero-order valence-electron chi connectivity index (χ0n) is 8.42. The highest BCUT2D eigenvalue weighted by atomic mass is 79.9. The van der Waals surface area contributed by atoms with Crippen molar-refractivity contribution in [2.24, 2.45) is 5.92 Å². The quantitative estimate of drug-likeness (QED) is 0.876. The number of aliphatic hydroxyl groups excluding tert-OH is 1. The molecule has 1 fully saturated rings. The minimum absolute atomic E-state index is 0.169. The molecule has 0 radical (unpaired) electrons. The molecule has 1 aliphatic rings. The molecule has 1 N–H and O–H groups in total. The van der Waals surface area contributed by atoms with Crippen LogP contribution in [-0.2, 0) is 6.42 Å². The zero-order chi connectivity index (χ0) is 10.8. The van der Waals surface area contributed by atoms with E-state index in [-0.39, 0.29) is 17.8 Å². The van der Waals surface area contributed by atoms with Crippen molar-refractivity contribution in [3.05, 3.63) is 34.1 Å². The fraction of sp³-hybridized carbons (Fsp3) is 0.500. The van der Waals surface area contributed by atoms with Crippen LogP contribution < -0.4 is 0 Å². The Morgan fingerprint density at radius 3 is 2.87 bits per heavy atom. The molecule has 15 heavy (non-hydrogen) atoms. The molecule has 0 spiro atoms. The Morgan fingerprint density at radius 2 is 2.20 bits per heavy atom. The summed E-state index contributed by atoms with van der Waals surface area (Å²) in [4.78, 5) is 0. The Hall–Kier alpha value is -0.410. The number of rotatable bonds is 2. The second-order valence-electron chi connectivity index (χ2n) is 4.20. The van der Waals surface area contributed by atoms with Gasteiger partial charge in [-0.25, -0.2) is 4.39 Å². The summed E-state index contributed by atoms with van der Waals surface area (Å²) >= 11 is 3.33. The van der Waals surface area contributed by atoms with E-state index in [0.717, 1.165) is 23.7 Å². The topological polar surface area (TPSA) is 20.2 Å². The summed E-state index contributed by atoms with van der Waals surface area (Å²) in [5, 5.41) is 9.68. The van der Waals surface area contributed by atoms with Crippen molar-refractivity contribution in [2.45, 2.75) is 31.8 Å². The third-order valence-electron chi connectivity index (χ3n) is 3.11. The van der Waals surface area contributed by atoms with Crippen LogP contribution in [0, 0.1) is 11.7 Å². The van der Waals surface area contributed by atoms with Crippen LogP contribution in [0.5, 0.6) is 0 Å². The predicted octanol–water partition coefficient (Wildman–Crippen LogP) is 3.29. The van der Waals surface area contributed by atoms with Gasteiger partial charge in [0.05, 0.1) is 6.10 Å². The van der Waals surface area contributed by atoms with E-state index in [4.69, 9.17) is 0 Å². The Bertz CT molecular complexity index is 353. The molecule has 0 aliphatic heterocycles.